The number of Topliss-reactive ketones (excluding diaryl/α,β-unsaturated/α-hetero) is 1. The highest BCUT2D eigenvalue weighted by atomic mass is 32.1. The zero-order valence-corrected chi connectivity index (χ0v) is 8.01. The van der Waals surface area contributed by atoms with E-state index < -0.39 is 0 Å². The highest BCUT2D eigenvalue weighted by molar-refractivity contribution is 7.13. The van der Waals surface area contributed by atoms with Gasteiger partial charge >= 0.3 is 0 Å². The molecule has 13 heavy (non-hydrogen) atoms. The van der Waals surface area contributed by atoms with Gasteiger partial charge in [0.15, 0.2) is 10.8 Å². The smallest absolute Gasteiger partial charge is 0.194 e. The molecule has 70 valence electrons. The van der Waals surface area contributed by atoms with Crippen molar-refractivity contribution in [1.82, 2.24) is 4.98 Å². The SMILES string of the molecule is O=C(c1ncc(CO)s1)C1CCC1. The monoisotopic (exact) mass is 197 g/mol. The first-order valence-corrected chi connectivity index (χ1v) is 5.22. The normalized spacial score (nSPS) is 17.0. The van der Waals surface area contributed by atoms with Crippen LogP contribution in [0.4, 0.5) is 0 Å². The third-order valence-electron chi connectivity index (χ3n) is 2.40. The molecular weight excluding hydrogens is 186 g/mol. The molecule has 1 aliphatic rings. The van der Waals surface area contributed by atoms with E-state index >= 15 is 0 Å². The Morgan fingerprint density at radius 3 is 2.92 bits per heavy atom. The van der Waals surface area contributed by atoms with Crippen LogP contribution < -0.4 is 0 Å². The van der Waals surface area contributed by atoms with Crippen molar-refractivity contribution in [2.75, 3.05) is 0 Å². The molecule has 0 saturated heterocycles. The average Bonchev–Trinajstić information content (AvgIpc) is 2.48. The van der Waals surface area contributed by atoms with Gasteiger partial charge in [0, 0.05) is 12.1 Å². The second kappa shape index (κ2) is 3.55. The van der Waals surface area contributed by atoms with Gasteiger partial charge in [0.2, 0.25) is 0 Å². The highest BCUT2D eigenvalue weighted by Gasteiger charge is 2.27. The van der Waals surface area contributed by atoms with Crippen LogP contribution in [0.1, 0.15) is 33.9 Å². The molecule has 1 aliphatic carbocycles. The fourth-order valence-corrected chi connectivity index (χ4v) is 2.13. The highest BCUT2D eigenvalue weighted by Crippen LogP contribution is 2.30. The molecule has 0 bridgehead atoms. The van der Waals surface area contributed by atoms with Crippen LogP contribution in [-0.2, 0) is 6.61 Å². The first kappa shape index (κ1) is 8.84. The summed E-state index contributed by atoms with van der Waals surface area (Å²) >= 11 is 1.31. The van der Waals surface area contributed by atoms with E-state index in [1.807, 2.05) is 0 Å². The number of nitrogens with zero attached hydrogens (tertiary/aromatic N) is 1. The number of hydrogen-bond acceptors (Lipinski definition) is 4. The van der Waals surface area contributed by atoms with Crippen molar-refractivity contribution < 1.29 is 9.90 Å². The summed E-state index contributed by atoms with van der Waals surface area (Å²) in [6.07, 6.45) is 4.75. The molecule has 3 nitrogen and oxygen atoms in total. The fourth-order valence-electron chi connectivity index (χ4n) is 1.34. The van der Waals surface area contributed by atoms with Crippen molar-refractivity contribution >= 4 is 17.1 Å². The van der Waals surface area contributed by atoms with E-state index in [2.05, 4.69) is 4.98 Å². The molecule has 0 radical (unpaired) electrons. The summed E-state index contributed by atoms with van der Waals surface area (Å²) in [5, 5.41) is 9.37. The lowest BCUT2D eigenvalue weighted by Gasteiger charge is -2.22. The Morgan fingerprint density at radius 1 is 1.69 bits per heavy atom. The number of aliphatic hydroxyl groups is 1. The van der Waals surface area contributed by atoms with Crippen LogP contribution in [0.2, 0.25) is 0 Å². The number of hydrogen-bond donors (Lipinski definition) is 1. The average molecular weight is 197 g/mol. The Kier molecular flexibility index (Phi) is 2.42. The molecule has 4 heteroatoms. The maximum atomic E-state index is 11.6. The summed E-state index contributed by atoms with van der Waals surface area (Å²) in [6.45, 7) is -0.0182. The Balaban J connectivity index is 2.10. The zero-order valence-electron chi connectivity index (χ0n) is 7.19. The van der Waals surface area contributed by atoms with Crippen LogP contribution in [0, 0.1) is 5.92 Å². The predicted molar refractivity (Wildman–Crippen MR) is 49.7 cm³/mol. The number of carbonyl (C=O) groups excluding carboxylic acids is 1. The Hall–Kier alpha value is -0.740. The number of carbonyl (C=O) groups is 1. The van der Waals surface area contributed by atoms with Crippen molar-refractivity contribution in [3.63, 3.8) is 0 Å². The van der Waals surface area contributed by atoms with Gasteiger partial charge in [0.25, 0.3) is 0 Å². The maximum Gasteiger partial charge on any atom is 0.194 e. The maximum absolute atomic E-state index is 11.6. The van der Waals surface area contributed by atoms with Crippen molar-refractivity contribution in [3.8, 4) is 0 Å². The molecule has 2 rings (SSSR count). The molecule has 1 heterocycles. The molecule has 0 spiro atoms. The van der Waals surface area contributed by atoms with Gasteiger partial charge in [-0.1, -0.05) is 6.42 Å². The molecule has 0 aliphatic heterocycles. The molecular formula is C9H11NO2S. The van der Waals surface area contributed by atoms with E-state index in [0.717, 1.165) is 24.1 Å². The summed E-state index contributed by atoms with van der Waals surface area (Å²) in [5.74, 6) is 0.369. The number of aliphatic hydroxyl groups excluding tert-OH is 1. The Bertz CT molecular complexity index is 317. The fraction of sp³-hybridized carbons (Fsp3) is 0.556. The van der Waals surface area contributed by atoms with E-state index in [4.69, 9.17) is 5.11 Å². The summed E-state index contributed by atoms with van der Waals surface area (Å²) in [7, 11) is 0. The van der Waals surface area contributed by atoms with Gasteiger partial charge in [0.1, 0.15) is 0 Å². The van der Waals surface area contributed by atoms with Crippen LogP contribution in [0.25, 0.3) is 0 Å². The zero-order chi connectivity index (χ0) is 9.26. The minimum absolute atomic E-state index is 0.0182. The molecule has 1 aromatic rings. The van der Waals surface area contributed by atoms with Crippen LogP contribution in [0.3, 0.4) is 0 Å². The third kappa shape index (κ3) is 1.64. The first-order valence-electron chi connectivity index (χ1n) is 4.41. The molecule has 1 saturated carbocycles. The molecule has 1 N–H and O–H groups in total. The molecule has 0 atom stereocenters. The van der Waals surface area contributed by atoms with E-state index in [0.29, 0.717) is 5.01 Å². The minimum Gasteiger partial charge on any atom is -0.391 e. The summed E-state index contributed by atoms with van der Waals surface area (Å²) in [5.41, 5.74) is 0. The van der Waals surface area contributed by atoms with Crippen molar-refractivity contribution in [3.05, 3.63) is 16.1 Å². The largest absolute Gasteiger partial charge is 0.391 e. The third-order valence-corrected chi connectivity index (χ3v) is 3.39. The molecule has 0 amide bonds. The Labute approximate surface area is 80.4 Å². The van der Waals surface area contributed by atoms with E-state index in [9.17, 15) is 4.79 Å². The standard InChI is InChI=1S/C9H11NO2S/c11-5-7-4-10-9(13-7)8(12)6-2-1-3-6/h4,6,11H,1-3,5H2. The van der Waals surface area contributed by atoms with Gasteiger partial charge in [-0.05, 0) is 12.8 Å². The minimum atomic E-state index is -0.0182. The predicted octanol–water partition coefficient (Wildman–Crippen LogP) is 1.62. The first-order chi connectivity index (χ1) is 6.31. The topological polar surface area (TPSA) is 50.2 Å². The van der Waals surface area contributed by atoms with E-state index in [-0.39, 0.29) is 18.3 Å². The number of ketones is 1. The van der Waals surface area contributed by atoms with Crippen molar-refractivity contribution in [2.24, 2.45) is 5.92 Å². The van der Waals surface area contributed by atoms with Gasteiger partial charge in [-0.3, -0.25) is 4.79 Å². The lowest BCUT2D eigenvalue weighted by atomic mass is 9.82. The van der Waals surface area contributed by atoms with Crippen LogP contribution in [-0.4, -0.2) is 15.9 Å². The van der Waals surface area contributed by atoms with Crippen molar-refractivity contribution in [1.29, 1.82) is 0 Å². The van der Waals surface area contributed by atoms with Crippen LogP contribution >= 0.6 is 11.3 Å². The van der Waals surface area contributed by atoms with Gasteiger partial charge in [-0.15, -0.1) is 11.3 Å². The number of thiazole rings is 1. The number of aromatic nitrogens is 1. The van der Waals surface area contributed by atoms with Crippen LogP contribution in [0.5, 0.6) is 0 Å². The Morgan fingerprint density at radius 2 is 2.46 bits per heavy atom. The summed E-state index contributed by atoms with van der Waals surface area (Å²) in [6, 6.07) is 0. The van der Waals surface area contributed by atoms with Gasteiger partial charge in [-0.25, -0.2) is 4.98 Å². The van der Waals surface area contributed by atoms with Crippen molar-refractivity contribution in [2.45, 2.75) is 25.9 Å². The number of rotatable bonds is 3. The molecule has 1 fully saturated rings. The summed E-state index contributed by atoms with van der Waals surface area (Å²) < 4.78 is 0. The molecule has 1 aromatic heterocycles. The second-order valence-corrected chi connectivity index (χ2v) is 4.40. The van der Waals surface area contributed by atoms with Crippen LogP contribution in [0.15, 0.2) is 6.20 Å². The quantitative estimate of drug-likeness (QED) is 0.749. The lowest BCUT2D eigenvalue weighted by molar-refractivity contribution is 0.0855. The van der Waals surface area contributed by atoms with E-state index in [1.165, 1.54) is 11.3 Å². The lowest BCUT2D eigenvalue weighted by Crippen LogP contribution is -2.21. The van der Waals surface area contributed by atoms with Gasteiger partial charge < -0.3 is 5.11 Å². The molecule has 0 aromatic carbocycles. The van der Waals surface area contributed by atoms with Gasteiger partial charge in [-0.2, -0.15) is 0 Å². The summed E-state index contributed by atoms with van der Waals surface area (Å²) in [4.78, 5) is 16.4. The van der Waals surface area contributed by atoms with Gasteiger partial charge in [0.05, 0.1) is 11.5 Å². The second-order valence-electron chi connectivity index (χ2n) is 3.28. The molecule has 0 unspecified atom stereocenters. The van der Waals surface area contributed by atoms with E-state index in [1.54, 1.807) is 6.20 Å².